The quantitative estimate of drug-likeness (QED) is 0.827. The van der Waals surface area contributed by atoms with Crippen LogP contribution < -0.4 is 5.73 Å². The van der Waals surface area contributed by atoms with Crippen LogP contribution in [-0.2, 0) is 10.0 Å². The third-order valence-corrected chi connectivity index (χ3v) is 5.93. The molecule has 6 nitrogen and oxygen atoms in total. The van der Waals surface area contributed by atoms with E-state index in [0.717, 1.165) is 32.1 Å². The summed E-state index contributed by atoms with van der Waals surface area (Å²) in [5.74, 6) is -1.27. The van der Waals surface area contributed by atoms with Crippen LogP contribution >= 0.6 is 0 Å². The van der Waals surface area contributed by atoms with Crippen LogP contribution in [0.5, 0.6) is 0 Å². The summed E-state index contributed by atoms with van der Waals surface area (Å²) in [5.41, 5.74) is 5.62. The molecule has 0 radical (unpaired) electrons. The maximum Gasteiger partial charge on any atom is 0.337 e. The Hall–Kier alpha value is -1.60. The first kappa shape index (κ1) is 15.8. The number of aromatic carboxylic acids is 1. The van der Waals surface area contributed by atoms with Crippen LogP contribution in [-0.4, -0.2) is 36.9 Å². The SMILES string of the molecule is CN(C1CCCCC1)S(=O)(=O)c1cc(N)ccc1C(=O)O. The molecule has 0 bridgehead atoms. The Labute approximate surface area is 124 Å². The highest BCUT2D eigenvalue weighted by atomic mass is 32.2. The van der Waals surface area contributed by atoms with E-state index in [1.807, 2.05) is 0 Å². The molecule has 0 atom stereocenters. The van der Waals surface area contributed by atoms with E-state index in [-0.39, 0.29) is 22.2 Å². The van der Waals surface area contributed by atoms with E-state index < -0.39 is 16.0 Å². The van der Waals surface area contributed by atoms with E-state index >= 15 is 0 Å². The second kappa shape index (κ2) is 6.03. The molecule has 1 aliphatic carbocycles. The van der Waals surface area contributed by atoms with Crippen molar-refractivity contribution in [3.8, 4) is 0 Å². The normalized spacial score (nSPS) is 17.0. The third-order valence-electron chi connectivity index (χ3n) is 3.98. The Morgan fingerprint density at radius 1 is 1.29 bits per heavy atom. The molecule has 1 aromatic carbocycles. The van der Waals surface area contributed by atoms with Gasteiger partial charge in [0.05, 0.1) is 10.5 Å². The van der Waals surface area contributed by atoms with Gasteiger partial charge >= 0.3 is 5.97 Å². The van der Waals surface area contributed by atoms with Crippen molar-refractivity contribution in [1.82, 2.24) is 4.31 Å². The lowest BCUT2D eigenvalue weighted by molar-refractivity contribution is 0.0692. The van der Waals surface area contributed by atoms with Gasteiger partial charge in [-0.15, -0.1) is 0 Å². The van der Waals surface area contributed by atoms with Gasteiger partial charge in [-0.3, -0.25) is 0 Å². The van der Waals surface area contributed by atoms with Gasteiger partial charge in [0, 0.05) is 18.8 Å². The zero-order chi connectivity index (χ0) is 15.6. The number of hydrogen-bond donors (Lipinski definition) is 2. The first-order valence-corrected chi connectivity index (χ1v) is 8.39. The molecule has 0 saturated heterocycles. The van der Waals surface area contributed by atoms with Gasteiger partial charge < -0.3 is 10.8 Å². The van der Waals surface area contributed by atoms with Gasteiger partial charge in [-0.25, -0.2) is 13.2 Å². The van der Waals surface area contributed by atoms with Gasteiger partial charge in [-0.05, 0) is 31.0 Å². The monoisotopic (exact) mass is 312 g/mol. The number of anilines is 1. The summed E-state index contributed by atoms with van der Waals surface area (Å²) in [6.45, 7) is 0. The topological polar surface area (TPSA) is 101 Å². The molecule has 2 rings (SSSR count). The maximum absolute atomic E-state index is 12.7. The first-order valence-electron chi connectivity index (χ1n) is 6.95. The van der Waals surface area contributed by atoms with Crippen LogP contribution in [0.1, 0.15) is 42.5 Å². The first-order chi connectivity index (χ1) is 9.84. The van der Waals surface area contributed by atoms with Gasteiger partial charge in [0.2, 0.25) is 10.0 Å². The number of nitrogen functional groups attached to an aromatic ring is 1. The standard InChI is InChI=1S/C14H20N2O4S/c1-16(11-5-3-2-4-6-11)21(19,20)13-9-10(15)7-8-12(13)14(17)18/h7-9,11H,2-6,15H2,1H3,(H,17,18). The number of carbonyl (C=O) groups is 1. The minimum absolute atomic E-state index is 0.0770. The van der Waals surface area contributed by atoms with Crippen molar-refractivity contribution in [2.24, 2.45) is 0 Å². The molecule has 0 aliphatic heterocycles. The van der Waals surface area contributed by atoms with E-state index in [0.29, 0.717) is 0 Å². The molecule has 0 spiro atoms. The van der Waals surface area contributed by atoms with Gasteiger partial charge in [-0.2, -0.15) is 4.31 Å². The van der Waals surface area contributed by atoms with Gasteiger partial charge in [0.1, 0.15) is 0 Å². The highest BCUT2D eigenvalue weighted by Gasteiger charge is 2.32. The van der Waals surface area contributed by atoms with Crippen LogP contribution in [0.3, 0.4) is 0 Å². The summed E-state index contributed by atoms with van der Waals surface area (Å²) in [6.07, 6.45) is 4.71. The highest BCUT2D eigenvalue weighted by molar-refractivity contribution is 7.89. The fourth-order valence-electron chi connectivity index (χ4n) is 2.73. The second-order valence-corrected chi connectivity index (χ2v) is 7.34. The molecule has 0 amide bonds. The van der Waals surface area contributed by atoms with E-state index in [1.54, 1.807) is 0 Å². The zero-order valence-electron chi connectivity index (χ0n) is 11.9. The summed E-state index contributed by atoms with van der Waals surface area (Å²) in [7, 11) is -2.35. The lowest BCUT2D eigenvalue weighted by Crippen LogP contribution is -2.38. The lowest BCUT2D eigenvalue weighted by Gasteiger charge is -2.30. The van der Waals surface area contributed by atoms with Crippen LogP contribution in [0.15, 0.2) is 23.1 Å². The van der Waals surface area contributed by atoms with Crippen LogP contribution in [0, 0.1) is 0 Å². The molecule has 0 aromatic heterocycles. The minimum Gasteiger partial charge on any atom is -0.478 e. The van der Waals surface area contributed by atoms with Crippen molar-refractivity contribution < 1.29 is 18.3 Å². The molecule has 1 saturated carbocycles. The predicted octanol–water partition coefficient (Wildman–Crippen LogP) is 1.92. The number of benzene rings is 1. The Morgan fingerprint density at radius 2 is 1.90 bits per heavy atom. The fraction of sp³-hybridized carbons (Fsp3) is 0.500. The van der Waals surface area contributed by atoms with Gasteiger partial charge in [0.15, 0.2) is 0 Å². The second-order valence-electron chi connectivity index (χ2n) is 5.37. The van der Waals surface area contributed by atoms with Gasteiger partial charge in [0.25, 0.3) is 0 Å². The molecule has 1 aliphatic rings. The summed E-state index contributed by atoms with van der Waals surface area (Å²) in [4.78, 5) is 11.0. The molecular weight excluding hydrogens is 292 g/mol. The molecule has 0 unspecified atom stereocenters. The van der Waals surface area contributed by atoms with Crippen LogP contribution in [0.2, 0.25) is 0 Å². The Kier molecular flexibility index (Phi) is 4.53. The Balaban J connectivity index is 2.43. The third kappa shape index (κ3) is 3.19. The smallest absolute Gasteiger partial charge is 0.337 e. The molecule has 116 valence electrons. The summed E-state index contributed by atoms with van der Waals surface area (Å²) < 4.78 is 26.7. The number of nitrogens with two attached hydrogens (primary N) is 1. The Bertz CT molecular complexity index is 636. The number of hydrogen-bond acceptors (Lipinski definition) is 4. The average Bonchev–Trinajstić information content (AvgIpc) is 2.47. The summed E-state index contributed by atoms with van der Waals surface area (Å²) >= 11 is 0. The zero-order valence-corrected chi connectivity index (χ0v) is 12.8. The van der Waals surface area contributed by atoms with Crippen molar-refractivity contribution in [2.75, 3.05) is 12.8 Å². The largest absolute Gasteiger partial charge is 0.478 e. The molecule has 1 fully saturated rings. The number of carboxylic acid groups (broad SMARTS) is 1. The Morgan fingerprint density at radius 3 is 2.48 bits per heavy atom. The lowest BCUT2D eigenvalue weighted by atomic mass is 9.96. The molecule has 7 heteroatoms. The van der Waals surface area contributed by atoms with E-state index in [9.17, 15) is 18.3 Å². The fourth-order valence-corrected chi connectivity index (χ4v) is 4.36. The van der Waals surface area contributed by atoms with Crippen molar-refractivity contribution in [3.63, 3.8) is 0 Å². The summed E-state index contributed by atoms with van der Waals surface area (Å²) in [5, 5.41) is 9.19. The van der Waals surface area contributed by atoms with E-state index in [4.69, 9.17) is 5.73 Å². The van der Waals surface area contributed by atoms with Crippen molar-refractivity contribution in [3.05, 3.63) is 23.8 Å². The molecular formula is C14H20N2O4S. The predicted molar refractivity (Wildman–Crippen MR) is 79.6 cm³/mol. The minimum atomic E-state index is -3.86. The van der Waals surface area contributed by atoms with E-state index in [1.165, 1.54) is 29.6 Å². The molecule has 21 heavy (non-hydrogen) atoms. The van der Waals surface area contributed by atoms with Crippen molar-refractivity contribution in [1.29, 1.82) is 0 Å². The molecule has 1 aromatic rings. The van der Waals surface area contributed by atoms with Crippen LogP contribution in [0.4, 0.5) is 5.69 Å². The van der Waals surface area contributed by atoms with Crippen LogP contribution in [0.25, 0.3) is 0 Å². The molecule has 3 N–H and O–H groups in total. The number of nitrogens with zero attached hydrogens (tertiary/aromatic N) is 1. The number of carboxylic acids is 1. The van der Waals surface area contributed by atoms with Gasteiger partial charge in [-0.1, -0.05) is 19.3 Å². The van der Waals surface area contributed by atoms with Crippen molar-refractivity contribution in [2.45, 2.75) is 43.0 Å². The number of sulfonamides is 1. The maximum atomic E-state index is 12.7. The molecule has 0 heterocycles. The van der Waals surface area contributed by atoms with Crippen molar-refractivity contribution >= 4 is 21.7 Å². The highest BCUT2D eigenvalue weighted by Crippen LogP contribution is 2.28. The average molecular weight is 312 g/mol. The van der Waals surface area contributed by atoms with E-state index in [2.05, 4.69) is 0 Å². The summed E-state index contributed by atoms with van der Waals surface area (Å²) in [6, 6.07) is 3.77. The number of rotatable bonds is 4.